The maximum atomic E-state index is 13.4. The van der Waals surface area contributed by atoms with Gasteiger partial charge in [0.2, 0.25) is 0 Å². The summed E-state index contributed by atoms with van der Waals surface area (Å²) in [5.41, 5.74) is 0.180. The first kappa shape index (κ1) is 17.9. The molecule has 3 rings (SSSR count). The van der Waals surface area contributed by atoms with Gasteiger partial charge in [0, 0.05) is 12.4 Å². The first-order chi connectivity index (χ1) is 12.0. The van der Waals surface area contributed by atoms with Gasteiger partial charge < -0.3 is 10.6 Å². The van der Waals surface area contributed by atoms with Crippen molar-refractivity contribution in [3.05, 3.63) is 30.1 Å². The third-order valence-corrected chi connectivity index (χ3v) is 5.44. The van der Waals surface area contributed by atoms with Crippen LogP contribution in [0.2, 0.25) is 0 Å². The summed E-state index contributed by atoms with van der Waals surface area (Å²) in [5.74, 6) is 0.644. The number of carbonyl (C=O) groups is 2. The smallest absolute Gasteiger partial charge is 0.323 e. The van der Waals surface area contributed by atoms with Gasteiger partial charge in [0.15, 0.2) is 0 Å². The number of carbonyl (C=O) groups excluding carboxylic acids is 2. The minimum absolute atomic E-state index is 0.0538. The van der Waals surface area contributed by atoms with E-state index < -0.39 is 5.54 Å². The van der Waals surface area contributed by atoms with E-state index in [-0.39, 0.29) is 17.9 Å². The Hall–Kier alpha value is -1.95. The van der Waals surface area contributed by atoms with Crippen LogP contribution in [0.5, 0.6) is 0 Å². The predicted molar refractivity (Wildman–Crippen MR) is 95.7 cm³/mol. The molecule has 2 aliphatic heterocycles. The molecule has 0 radical (unpaired) electrons. The van der Waals surface area contributed by atoms with Crippen LogP contribution in [-0.4, -0.2) is 40.5 Å². The van der Waals surface area contributed by atoms with Gasteiger partial charge in [-0.15, -0.1) is 0 Å². The van der Waals surface area contributed by atoms with Crippen molar-refractivity contribution >= 4 is 11.9 Å². The molecule has 3 amide bonds. The van der Waals surface area contributed by atoms with E-state index in [0.29, 0.717) is 18.9 Å². The standard InChI is InChI=1S/C19H28N4O2/c1-14(2)3-8-19(16-6-11-21-12-7-16)17(24)23(18(25)22-19)13-15-4-9-20-10-5-15/h4-5,9-10,14,16,21H,3,6-8,11-13H2,1-2H3,(H,22,25)/t19-/m0/s1. The number of piperidine rings is 1. The quantitative estimate of drug-likeness (QED) is 0.777. The zero-order valence-corrected chi connectivity index (χ0v) is 15.1. The van der Waals surface area contributed by atoms with Gasteiger partial charge in [-0.3, -0.25) is 14.7 Å². The van der Waals surface area contributed by atoms with Gasteiger partial charge in [-0.2, -0.15) is 0 Å². The summed E-state index contributed by atoms with van der Waals surface area (Å²) in [6.07, 6.45) is 6.87. The molecule has 2 saturated heterocycles. The molecule has 0 aliphatic carbocycles. The lowest BCUT2D eigenvalue weighted by Gasteiger charge is -2.38. The minimum Gasteiger partial charge on any atom is -0.323 e. The van der Waals surface area contributed by atoms with Crippen molar-refractivity contribution in [3.63, 3.8) is 0 Å². The van der Waals surface area contributed by atoms with Gasteiger partial charge in [-0.1, -0.05) is 13.8 Å². The predicted octanol–water partition coefficient (Wildman–Crippen LogP) is 2.31. The molecule has 0 aromatic carbocycles. The molecule has 6 heteroatoms. The summed E-state index contributed by atoms with van der Waals surface area (Å²) in [5, 5.41) is 6.46. The van der Waals surface area contributed by atoms with E-state index in [1.807, 2.05) is 12.1 Å². The molecule has 1 aromatic heterocycles. The van der Waals surface area contributed by atoms with Gasteiger partial charge in [0.05, 0.1) is 6.54 Å². The van der Waals surface area contributed by atoms with Crippen LogP contribution in [0.15, 0.2) is 24.5 Å². The van der Waals surface area contributed by atoms with Crippen molar-refractivity contribution < 1.29 is 9.59 Å². The fourth-order valence-electron chi connectivity index (χ4n) is 3.94. The Morgan fingerprint density at radius 1 is 1.24 bits per heavy atom. The molecular weight excluding hydrogens is 316 g/mol. The molecule has 1 atom stereocenters. The van der Waals surface area contributed by atoms with Crippen LogP contribution in [0.3, 0.4) is 0 Å². The van der Waals surface area contributed by atoms with Crippen LogP contribution in [-0.2, 0) is 11.3 Å². The molecule has 0 saturated carbocycles. The van der Waals surface area contributed by atoms with Crippen molar-refractivity contribution in [2.75, 3.05) is 13.1 Å². The fraction of sp³-hybridized carbons (Fsp3) is 0.632. The number of urea groups is 1. The van der Waals surface area contributed by atoms with E-state index in [0.717, 1.165) is 37.9 Å². The van der Waals surface area contributed by atoms with E-state index in [1.54, 1.807) is 12.4 Å². The molecule has 2 N–H and O–H groups in total. The summed E-state index contributed by atoms with van der Waals surface area (Å²) < 4.78 is 0. The Morgan fingerprint density at radius 3 is 2.56 bits per heavy atom. The van der Waals surface area contributed by atoms with E-state index in [9.17, 15) is 9.59 Å². The summed E-state index contributed by atoms with van der Waals surface area (Å²) in [7, 11) is 0. The number of rotatable bonds is 6. The zero-order chi connectivity index (χ0) is 17.9. The molecule has 136 valence electrons. The van der Waals surface area contributed by atoms with Crippen molar-refractivity contribution in [1.82, 2.24) is 20.5 Å². The Morgan fingerprint density at radius 2 is 1.92 bits per heavy atom. The normalized spacial score (nSPS) is 24.8. The average molecular weight is 344 g/mol. The highest BCUT2D eigenvalue weighted by Gasteiger charge is 2.55. The molecular formula is C19H28N4O2. The van der Waals surface area contributed by atoms with E-state index in [2.05, 4.69) is 29.5 Å². The van der Waals surface area contributed by atoms with Crippen LogP contribution in [0.1, 0.15) is 45.1 Å². The van der Waals surface area contributed by atoms with Crippen LogP contribution in [0.25, 0.3) is 0 Å². The van der Waals surface area contributed by atoms with E-state index in [1.165, 1.54) is 4.90 Å². The van der Waals surface area contributed by atoms with Crippen LogP contribution in [0.4, 0.5) is 4.79 Å². The monoisotopic (exact) mass is 344 g/mol. The molecule has 2 fully saturated rings. The molecule has 2 aliphatic rings. The Bertz CT molecular complexity index is 613. The van der Waals surface area contributed by atoms with Gasteiger partial charge in [-0.05, 0) is 68.3 Å². The topological polar surface area (TPSA) is 74.3 Å². The van der Waals surface area contributed by atoms with Crippen molar-refractivity contribution in [3.8, 4) is 0 Å². The first-order valence-corrected chi connectivity index (χ1v) is 9.26. The van der Waals surface area contributed by atoms with Crippen LogP contribution < -0.4 is 10.6 Å². The summed E-state index contributed by atoms with van der Waals surface area (Å²) in [4.78, 5) is 31.4. The number of amides is 3. The van der Waals surface area contributed by atoms with Gasteiger partial charge in [-0.25, -0.2) is 4.79 Å². The second kappa shape index (κ2) is 7.52. The summed E-state index contributed by atoms with van der Waals surface area (Å²) in [6.45, 7) is 6.43. The molecule has 0 unspecified atom stereocenters. The number of hydrogen-bond donors (Lipinski definition) is 2. The number of imide groups is 1. The number of hydrogen-bond acceptors (Lipinski definition) is 4. The largest absolute Gasteiger partial charge is 0.325 e. The third kappa shape index (κ3) is 3.68. The lowest BCUT2D eigenvalue weighted by Crippen LogP contribution is -2.55. The highest BCUT2D eigenvalue weighted by Crippen LogP contribution is 2.37. The number of nitrogens with zero attached hydrogens (tertiary/aromatic N) is 2. The summed E-state index contributed by atoms with van der Waals surface area (Å²) in [6, 6.07) is 3.43. The lowest BCUT2D eigenvalue weighted by molar-refractivity contribution is -0.134. The van der Waals surface area contributed by atoms with Gasteiger partial charge in [0.25, 0.3) is 5.91 Å². The maximum Gasteiger partial charge on any atom is 0.325 e. The van der Waals surface area contributed by atoms with Crippen molar-refractivity contribution in [2.24, 2.45) is 11.8 Å². The maximum absolute atomic E-state index is 13.4. The van der Waals surface area contributed by atoms with Gasteiger partial charge >= 0.3 is 6.03 Å². The lowest BCUT2D eigenvalue weighted by atomic mass is 9.74. The molecule has 0 spiro atoms. The van der Waals surface area contributed by atoms with Crippen LogP contribution in [0, 0.1) is 11.8 Å². The fourth-order valence-corrected chi connectivity index (χ4v) is 3.94. The number of pyridine rings is 1. The minimum atomic E-state index is -0.740. The molecule has 1 aromatic rings. The van der Waals surface area contributed by atoms with Gasteiger partial charge in [0.1, 0.15) is 5.54 Å². The Kier molecular flexibility index (Phi) is 5.37. The van der Waals surface area contributed by atoms with E-state index >= 15 is 0 Å². The molecule has 0 bridgehead atoms. The number of aromatic nitrogens is 1. The van der Waals surface area contributed by atoms with Crippen LogP contribution >= 0.6 is 0 Å². The SMILES string of the molecule is CC(C)CC[C@@]1(C2CCNCC2)NC(=O)N(Cc2ccncc2)C1=O. The molecule has 3 heterocycles. The highest BCUT2D eigenvalue weighted by molar-refractivity contribution is 6.07. The Balaban J connectivity index is 1.84. The Labute approximate surface area is 149 Å². The first-order valence-electron chi connectivity index (χ1n) is 9.26. The van der Waals surface area contributed by atoms with Crippen molar-refractivity contribution in [1.29, 1.82) is 0 Å². The summed E-state index contributed by atoms with van der Waals surface area (Å²) >= 11 is 0. The average Bonchev–Trinajstić information content (AvgIpc) is 2.87. The second-order valence-electron chi connectivity index (χ2n) is 7.61. The third-order valence-electron chi connectivity index (χ3n) is 5.44. The van der Waals surface area contributed by atoms with Crippen molar-refractivity contribution in [2.45, 2.75) is 51.6 Å². The highest BCUT2D eigenvalue weighted by atomic mass is 16.2. The number of nitrogens with one attached hydrogen (secondary N) is 2. The zero-order valence-electron chi connectivity index (χ0n) is 15.1. The van der Waals surface area contributed by atoms with E-state index in [4.69, 9.17) is 0 Å². The molecule has 25 heavy (non-hydrogen) atoms. The second-order valence-corrected chi connectivity index (χ2v) is 7.61. The molecule has 6 nitrogen and oxygen atoms in total.